The summed E-state index contributed by atoms with van der Waals surface area (Å²) in [5.74, 6) is 0. The predicted molar refractivity (Wildman–Crippen MR) is 96.0 cm³/mol. The molecule has 0 radical (unpaired) electrons. The van der Waals surface area contributed by atoms with Gasteiger partial charge in [-0.2, -0.15) is 0 Å². The standard InChI is InChI=1S/C19H13N3S/c1-12-6-4-9-14(20-12)13-7-5-11-17-18(13)23-19-21-15-8-2-3-10-16(15)22(17)19/h2-11H,1H3. The number of benzene rings is 2. The Balaban J connectivity index is 1.91. The molecular weight excluding hydrogens is 302 g/mol. The lowest BCUT2D eigenvalue weighted by Crippen LogP contribution is -1.87. The topological polar surface area (TPSA) is 30.2 Å². The van der Waals surface area contributed by atoms with E-state index in [2.05, 4.69) is 57.9 Å². The summed E-state index contributed by atoms with van der Waals surface area (Å²) in [6.45, 7) is 2.03. The molecule has 0 aliphatic carbocycles. The fourth-order valence-electron chi connectivity index (χ4n) is 3.10. The predicted octanol–water partition coefficient (Wildman–Crippen LogP) is 5.07. The average Bonchev–Trinajstić information content (AvgIpc) is 3.10. The maximum atomic E-state index is 4.77. The van der Waals surface area contributed by atoms with Gasteiger partial charge in [0.05, 0.1) is 26.9 Å². The zero-order valence-electron chi connectivity index (χ0n) is 12.5. The first kappa shape index (κ1) is 12.8. The van der Waals surface area contributed by atoms with Crippen LogP contribution in [0.15, 0.2) is 60.7 Å². The molecule has 0 fully saturated rings. The van der Waals surface area contributed by atoms with E-state index in [4.69, 9.17) is 4.98 Å². The summed E-state index contributed by atoms with van der Waals surface area (Å²) < 4.78 is 3.48. The molecule has 0 amide bonds. The zero-order valence-corrected chi connectivity index (χ0v) is 13.3. The fourth-order valence-corrected chi connectivity index (χ4v) is 4.26. The van der Waals surface area contributed by atoms with Crippen LogP contribution in [0.2, 0.25) is 0 Å². The molecule has 0 aliphatic heterocycles. The van der Waals surface area contributed by atoms with Gasteiger partial charge in [-0.1, -0.05) is 41.7 Å². The van der Waals surface area contributed by atoms with Crippen LogP contribution in [0.5, 0.6) is 0 Å². The summed E-state index contributed by atoms with van der Waals surface area (Å²) in [5, 5.41) is 0. The Kier molecular flexibility index (Phi) is 2.58. The number of aryl methyl sites for hydroxylation is 1. The van der Waals surface area contributed by atoms with Crippen LogP contribution in [-0.4, -0.2) is 14.4 Å². The van der Waals surface area contributed by atoms with E-state index in [1.807, 2.05) is 19.1 Å². The molecule has 4 heteroatoms. The van der Waals surface area contributed by atoms with Crippen LogP contribution in [0.1, 0.15) is 5.69 Å². The number of para-hydroxylation sites is 2. The van der Waals surface area contributed by atoms with Crippen molar-refractivity contribution in [3.63, 3.8) is 0 Å². The number of hydrogen-bond donors (Lipinski definition) is 0. The number of fused-ring (bicyclic) bond motifs is 5. The molecule has 3 aromatic heterocycles. The van der Waals surface area contributed by atoms with Crippen molar-refractivity contribution in [2.24, 2.45) is 0 Å². The number of rotatable bonds is 1. The van der Waals surface area contributed by atoms with Crippen molar-refractivity contribution in [3.05, 3.63) is 66.4 Å². The van der Waals surface area contributed by atoms with Crippen LogP contribution in [0.4, 0.5) is 0 Å². The van der Waals surface area contributed by atoms with Gasteiger partial charge < -0.3 is 0 Å². The molecule has 2 aromatic carbocycles. The lowest BCUT2D eigenvalue weighted by Gasteiger charge is -2.03. The van der Waals surface area contributed by atoms with Crippen molar-refractivity contribution < 1.29 is 0 Å². The van der Waals surface area contributed by atoms with Gasteiger partial charge in [0.2, 0.25) is 0 Å². The van der Waals surface area contributed by atoms with Crippen LogP contribution in [0.3, 0.4) is 0 Å². The Labute approximate surface area is 136 Å². The van der Waals surface area contributed by atoms with Crippen LogP contribution < -0.4 is 0 Å². The molecule has 5 aromatic rings. The second-order valence-electron chi connectivity index (χ2n) is 5.64. The monoisotopic (exact) mass is 315 g/mol. The van der Waals surface area contributed by atoms with Gasteiger partial charge in [-0.25, -0.2) is 4.98 Å². The largest absolute Gasteiger partial charge is 0.283 e. The first-order valence-corrected chi connectivity index (χ1v) is 8.36. The lowest BCUT2D eigenvalue weighted by molar-refractivity contribution is 1.21. The van der Waals surface area contributed by atoms with Gasteiger partial charge in [0.15, 0.2) is 4.96 Å². The Morgan fingerprint density at radius 3 is 2.57 bits per heavy atom. The summed E-state index contributed by atoms with van der Waals surface area (Å²) in [6.07, 6.45) is 0. The highest BCUT2D eigenvalue weighted by molar-refractivity contribution is 7.24. The van der Waals surface area contributed by atoms with Crippen molar-refractivity contribution in [1.29, 1.82) is 0 Å². The SMILES string of the molecule is Cc1cccc(-c2cccc3c2sc2nc4ccccc4n23)n1. The highest BCUT2D eigenvalue weighted by atomic mass is 32.1. The third-order valence-electron chi connectivity index (χ3n) is 4.12. The van der Waals surface area contributed by atoms with Crippen molar-refractivity contribution in [1.82, 2.24) is 14.4 Å². The Bertz CT molecular complexity index is 1180. The minimum Gasteiger partial charge on any atom is -0.283 e. The van der Waals surface area contributed by atoms with Gasteiger partial charge in [-0.05, 0) is 37.3 Å². The van der Waals surface area contributed by atoms with Crippen LogP contribution in [0, 0.1) is 6.92 Å². The molecular formula is C19H13N3S. The van der Waals surface area contributed by atoms with Gasteiger partial charge in [-0.3, -0.25) is 9.38 Å². The van der Waals surface area contributed by atoms with E-state index < -0.39 is 0 Å². The quantitative estimate of drug-likeness (QED) is 0.432. The van der Waals surface area contributed by atoms with Crippen molar-refractivity contribution in [2.45, 2.75) is 6.92 Å². The van der Waals surface area contributed by atoms with E-state index in [1.54, 1.807) is 11.3 Å². The van der Waals surface area contributed by atoms with E-state index in [9.17, 15) is 0 Å². The number of thiazole rings is 1. The molecule has 0 unspecified atom stereocenters. The summed E-state index contributed by atoms with van der Waals surface area (Å²) in [7, 11) is 0. The zero-order chi connectivity index (χ0) is 15.4. The number of imidazole rings is 1. The summed E-state index contributed by atoms with van der Waals surface area (Å²) in [5.41, 5.74) is 6.61. The Morgan fingerprint density at radius 1 is 0.826 bits per heavy atom. The average molecular weight is 315 g/mol. The van der Waals surface area contributed by atoms with Gasteiger partial charge >= 0.3 is 0 Å². The van der Waals surface area contributed by atoms with E-state index in [0.29, 0.717) is 0 Å². The third-order valence-corrected chi connectivity index (χ3v) is 5.21. The van der Waals surface area contributed by atoms with Crippen LogP contribution in [0.25, 0.3) is 37.5 Å². The Morgan fingerprint density at radius 2 is 1.65 bits per heavy atom. The van der Waals surface area contributed by atoms with Crippen LogP contribution >= 0.6 is 11.3 Å². The summed E-state index contributed by atoms with van der Waals surface area (Å²) >= 11 is 1.73. The van der Waals surface area contributed by atoms with Crippen molar-refractivity contribution in [3.8, 4) is 11.3 Å². The lowest BCUT2D eigenvalue weighted by atomic mass is 10.1. The van der Waals surface area contributed by atoms with E-state index in [-0.39, 0.29) is 0 Å². The van der Waals surface area contributed by atoms with E-state index >= 15 is 0 Å². The first-order chi connectivity index (χ1) is 11.3. The number of hydrogen-bond acceptors (Lipinski definition) is 3. The first-order valence-electron chi connectivity index (χ1n) is 7.54. The molecule has 5 rings (SSSR count). The molecule has 23 heavy (non-hydrogen) atoms. The fraction of sp³-hybridized carbons (Fsp3) is 0.0526. The molecule has 0 saturated carbocycles. The van der Waals surface area contributed by atoms with Crippen molar-refractivity contribution in [2.75, 3.05) is 0 Å². The van der Waals surface area contributed by atoms with Gasteiger partial charge in [0, 0.05) is 11.3 Å². The molecule has 3 nitrogen and oxygen atoms in total. The normalized spacial score (nSPS) is 11.7. The van der Waals surface area contributed by atoms with E-state index in [0.717, 1.165) is 27.4 Å². The minimum atomic E-state index is 1.02. The van der Waals surface area contributed by atoms with Crippen molar-refractivity contribution >= 4 is 37.5 Å². The molecule has 0 atom stereocenters. The molecule has 3 heterocycles. The molecule has 0 spiro atoms. The van der Waals surface area contributed by atoms with Gasteiger partial charge in [0.1, 0.15) is 0 Å². The molecule has 0 saturated heterocycles. The highest BCUT2D eigenvalue weighted by Gasteiger charge is 2.14. The second-order valence-corrected chi connectivity index (χ2v) is 6.62. The summed E-state index contributed by atoms with van der Waals surface area (Å²) in [6, 6.07) is 20.8. The number of pyridine rings is 1. The Hall–Kier alpha value is -2.72. The number of aromatic nitrogens is 3. The smallest absolute Gasteiger partial charge is 0.195 e. The maximum Gasteiger partial charge on any atom is 0.195 e. The van der Waals surface area contributed by atoms with Crippen LogP contribution in [-0.2, 0) is 0 Å². The maximum absolute atomic E-state index is 4.77. The van der Waals surface area contributed by atoms with Gasteiger partial charge in [0.25, 0.3) is 0 Å². The molecule has 110 valence electrons. The molecule has 0 bridgehead atoms. The second kappa shape index (κ2) is 4.64. The third kappa shape index (κ3) is 1.82. The molecule has 0 N–H and O–H groups in total. The number of nitrogens with zero attached hydrogens (tertiary/aromatic N) is 3. The van der Waals surface area contributed by atoms with Gasteiger partial charge in [-0.15, -0.1) is 0 Å². The highest BCUT2D eigenvalue weighted by Crippen LogP contribution is 2.36. The minimum absolute atomic E-state index is 1.02. The molecule has 0 aliphatic rings. The summed E-state index contributed by atoms with van der Waals surface area (Å²) in [4.78, 5) is 10.5. The van der Waals surface area contributed by atoms with E-state index in [1.165, 1.54) is 15.8 Å².